The largest absolute Gasteiger partial charge is 0.385 e. The van der Waals surface area contributed by atoms with Crippen LogP contribution in [-0.2, 0) is 5.60 Å². The number of hydrogen-bond acceptors (Lipinski definition) is 1. The number of benzene rings is 1. The fourth-order valence-corrected chi connectivity index (χ4v) is 2.02. The zero-order chi connectivity index (χ0) is 12.1. The first-order valence-electron chi connectivity index (χ1n) is 5.47. The van der Waals surface area contributed by atoms with Crippen LogP contribution in [0.1, 0.15) is 37.8 Å². The Labute approximate surface area is 94.1 Å². The monoisotopic (exact) mass is 226 g/mol. The second-order valence-corrected chi connectivity index (χ2v) is 5.19. The van der Waals surface area contributed by atoms with Crippen LogP contribution in [0.5, 0.6) is 0 Å². The Balaban J connectivity index is 2.53. The van der Waals surface area contributed by atoms with Crippen LogP contribution in [0.4, 0.5) is 8.78 Å². The Morgan fingerprint density at radius 1 is 1.25 bits per heavy atom. The lowest BCUT2D eigenvalue weighted by Gasteiger charge is -2.31. The highest BCUT2D eigenvalue weighted by atomic mass is 19.2. The first-order chi connectivity index (χ1) is 7.29. The van der Waals surface area contributed by atoms with E-state index in [9.17, 15) is 13.9 Å². The third-order valence-electron chi connectivity index (χ3n) is 3.98. The maximum Gasteiger partial charge on any atom is 0.165 e. The second kappa shape index (κ2) is 3.27. The van der Waals surface area contributed by atoms with Gasteiger partial charge in [0.05, 0.1) is 5.60 Å². The topological polar surface area (TPSA) is 20.2 Å². The Bertz CT molecular complexity index is 434. The first kappa shape index (κ1) is 11.5. The molecular weight excluding hydrogens is 210 g/mol. The Hall–Kier alpha value is -0.960. The minimum atomic E-state index is -1.30. The number of rotatable bonds is 2. The van der Waals surface area contributed by atoms with Gasteiger partial charge in [-0.3, -0.25) is 0 Å². The molecule has 0 amide bonds. The molecule has 0 aliphatic heterocycles. The quantitative estimate of drug-likeness (QED) is 0.820. The summed E-state index contributed by atoms with van der Waals surface area (Å²) in [5.41, 5.74) is -1.30. The smallest absolute Gasteiger partial charge is 0.165 e. The summed E-state index contributed by atoms with van der Waals surface area (Å²) in [7, 11) is 0. The highest BCUT2D eigenvalue weighted by Gasteiger charge is 2.54. The van der Waals surface area contributed by atoms with E-state index in [1.54, 1.807) is 6.92 Å². The summed E-state index contributed by atoms with van der Waals surface area (Å²) in [6.45, 7) is 4.97. The van der Waals surface area contributed by atoms with Crippen molar-refractivity contribution in [2.24, 2.45) is 5.41 Å². The average Bonchev–Trinajstić information content (AvgIpc) is 2.94. The van der Waals surface area contributed by atoms with Crippen molar-refractivity contribution in [3.05, 3.63) is 34.9 Å². The zero-order valence-corrected chi connectivity index (χ0v) is 9.77. The van der Waals surface area contributed by atoms with Crippen molar-refractivity contribution in [1.82, 2.24) is 0 Å². The van der Waals surface area contributed by atoms with Crippen molar-refractivity contribution in [2.75, 3.05) is 0 Å². The maximum atomic E-state index is 13.8. The Morgan fingerprint density at radius 2 is 1.81 bits per heavy atom. The molecule has 0 radical (unpaired) electrons. The molecular formula is C13H16F2O. The van der Waals surface area contributed by atoms with Crippen LogP contribution in [-0.4, -0.2) is 5.11 Å². The van der Waals surface area contributed by atoms with E-state index < -0.39 is 17.2 Å². The fourth-order valence-electron chi connectivity index (χ4n) is 2.02. The van der Waals surface area contributed by atoms with Gasteiger partial charge in [0.25, 0.3) is 0 Å². The second-order valence-electron chi connectivity index (χ2n) is 5.19. The molecule has 1 nitrogen and oxygen atoms in total. The van der Waals surface area contributed by atoms with Crippen LogP contribution in [0.2, 0.25) is 0 Å². The van der Waals surface area contributed by atoms with Gasteiger partial charge in [0.2, 0.25) is 0 Å². The number of aliphatic hydroxyl groups is 1. The molecule has 1 aliphatic rings. The molecule has 16 heavy (non-hydrogen) atoms. The van der Waals surface area contributed by atoms with Crippen molar-refractivity contribution in [1.29, 1.82) is 0 Å². The molecule has 3 heteroatoms. The van der Waals surface area contributed by atoms with Crippen LogP contribution in [0, 0.1) is 24.0 Å². The molecule has 1 saturated carbocycles. The van der Waals surface area contributed by atoms with Gasteiger partial charge in [0, 0.05) is 11.0 Å². The molecule has 0 spiro atoms. The van der Waals surface area contributed by atoms with Gasteiger partial charge in [0.15, 0.2) is 11.6 Å². The summed E-state index contributed by atoms with van der Waals surface area (Å²) in [6.07, 6.45) is 1.68. The lowest BCUT2D eigenvalue weighted by atomic mass is 9.80. The van der Waals surface area contributed by atoms with Gasteiger partial charge >= 0.3 is 0 Å². The van der Waals surface area contributed by atoms with Crippen molar-refractivity contribution < 1.29 is 13.9 Å². The van der Waals surface area contributed by atoms with Crippen LogP contribution in [0.25, 0.3) is 0 Å². The molecule has 0 aromatic heterocycles. The van der Waals surface area contributed by atoms with Gasteiger partial charge in [0.1, 0.15) is 0 Å². The van der Waals surface area contributed by atoms with Crippen molar-refractivity contribution >= 4 is 0 Å². The number of halogens is 2. The molecule has 0 bridgehead atoms. The number of hydrogen-bond donors (Lipinski definition) is 1. The summed E-state index contributed by atoms with van der Waals surface area (Å²) in [5.74, 6) is -1.78. The predicted molar refractivity (Wildman–Crippen MR) is 58.0 cm³/mol. The van der Waals surface area contributed by atoms with Crippen molar-refractivity contribution in [3.8, 4) is 0 Å². The summed E-state index contributed by atoms with van der Waals surface area (Å²) in [4.78, 5) is 0. The third kappa shape index (κ3) is 1.46. The first-order valence-corrected chi connectivity index (χ1v) is 5.47. The van der Waals surface area contributed by atoms with E-state index in [0.29, 0.717) is 0 Å². The fraction of sp³-hybridized carbons (Fsp3) is 0.538. The summed E-state index contributed by atoms with van der Waals surface area (Å²) in [5, 5.41) is 10.4. The van der Waals surface area contributed by atoms with Crippen LogP contribution in [0.15, 0.2) is 12.1 Å². The predicted octanol–water partition coefficient (Wildman–Crippen LogP) is 3.28. The van der Waals surface area contributed by atoms with Crippen LogP contribution < -0.4 is 0 Å². The van der Waals surface area contributed by atoms with Crippen molar-refractivity contribution in [3.63, 3.8) is 0 Å². The molecule has 1 aromatic carbocycles. The Morgan fingerprint density at radius 3 is 2.31 bits per heavy atom. The normalized spacial score (nSPS) is 21.6. The maximum absolute atomic E-state index is 13.8. The van der Waals surface area contributed by atoms with E-state index in [-0.39, 0.29) is 16.5 Å². The van der Waals surface area contributed by atoms with Gasteiger partial charge < -0.3 is 5.11 Å². The summed E-state index contributed by atoms with van der Waals surface area (Å²) in [6, 6.07) is 2.99. The SMILES string of the molecule is Cc1ccc(C(C)(O)C2(C)CC2)c(F)c1F. The van der Waals surface area contributed by atoms with E-state index in [1.807, 2.05) is 6.92 Å². The molecule has 0 saturated heterocycles. The molecule has 1 fully saturated rings. The molecule has 0 heterocycles. The van der Waals surface area contributed by atoms with Gasteiger partial charge in [-0.15, -0.1) is 0 Å². The lowest BCUT2D eigenvalue weighted by Crippen LogP contribution is -2.32. The van der Waals surface area contributed by atoms with E-state index in [2.05, 4.69) is 0 Å². The van der Waals surface area contributed by atoms with Crippen LogP contribution >= 0.6 is 0 Å². The molecule has 1 atom stereocenters. The zero-order valence-electron chi connectivity index (χ0n) is 9.77. The van der Waals surface area contributed by atoms with E-state index in [4.69, 9.17) is 0 Å². The van der Waals surface area contributed by atoms with E-state index in [0.717, 1.165) is 12.8 Å². The van der Waals surface area contributed by atoms with Gasteiger partial charge in [-0.25, -0.2) is 8.78 Å². The molecule has 2 rings (SSSR count). The highest BCUT2D eigenvalue weighted by molar-refractivity contribution is 5.32. The van der Waals surface area contributed by atoms with Gasteiger partial charge in [-0.2, -0.15) is 0 Å². The standard InChI is InChI=1S/C13H16F2O/c1-8-4-5-9(11(15)10(8)14)13(3,16)12(2)6-7-12/h4-5,16H,6-7H2,1-3H3. The Kier molecular flexibility index (Phi) is 2.35. The third-order valence-corrected chi connectivity index (χ3v) is 3.98. The summed E-state index contributed by atoms with van der Waals surface area (Å²) < 4.78 is 27.2. The summed E-state index contributed by atoms with van der Waals surface area (Å²) >= 11 is 0. The number of aryl methyl sites for hydroxylation is 1. The van der Waals surface area contributed by atoms with Crippen LogP contribution in [0.3, 0.4) is 0 Å². The highest BCUT2D eigenvalue weighted by Crippen LogP contribution is 2.58. The molecule has 1 aliphatic carbocycles. The minimum absolute atomic E-state index is 0.0654. The molecule has 1 N–H and O–H groups in total. The average molecular weight is 226 g/mol. The minimum Gasteiger partial charge on any atom is -0.385 e. The van der Waals surface area contributed by atoms with E-state index >= 15 is 0 Å². The van der Waals surface area contributed by atoms with Crippen molar-refractivity contribution in [2.45, 2.75) is 39.2 Å². The molecule has 88 valence electrons. The van der Waals surface area contributed by atoms with E-state index in [1.165, 1.54) is 19.1 Å². The lowest BCUT2D eigenvalue weighted by molar-refractivity contribution is -0.0162. The molecule has 1 aromatic rings. The molecule has 1 unspecified atom stereocenters. The van der Waals surface area contributed by atoms with Gasteiger partial charge in [-0.05, 0) is 32.3 Å². The van der Waals surface area contributed by atoms with Gasteiger partial charge in [-0.1, -0.05) is 19.1 Å².